The van der Waals surface area contributed by atoms with Crippen LogP contribution in [-0.4, -0.2) is 19.9 Å². The van der Waals surface area contributed by atoms with E-state index < -0.39 is 0 Å². The van der Waals surface area contributed by atoms with E-state index >= 15 is 0 Å². The zero-order chi connectivity index (χ0) is 14.5. The highest BCUT2D eigenvalue weighted by atomic mass is 16.5. The summed E-state index contributed by atoms with van der Waals surface area (Å²) < 4.78 is 7.35. The smallest absolute Gasteiger partial charge is 0.188 e. The molecule has 0 unspecified atom stereocenters. The summed E-state index contributed by atoms with van der Waals surface area (Å²) in [5, 5.41) is 13.5. The summed E-state index contributed by atoms with van der Waals surface area (Å²) in [7, 11) is 0. The van der Waals surface area contributed by atoms with Crippen molar-refractivity contribution in [3.8, 4) is 11.4 Å². The number of hydrogen-bond acceptors (Lipinski definition) is 4. The Hall–Kier alpha value is -2.66. The molecule has 3 aromatic rings. The van der Waals surface area contributed by atoms with Crippen molar-refractivity contribution in [1.29, 1.82) is 0 Å². The van der Waals surface area contributed by atoms with Crippen LogP contribution in [0.5, 0.6) is 5.75 Å². The monoisotopic (exact) mass is 281 g/mol. The Kier molecular flexibility index (Phi) is 3.93. The second-order valence-electron chi connectivity index (χ2n) is 4.54. The third-order valence-electron chi connectivity index (χ3n) is 3.01. The second kappa shape index (κ2) is 6.19. The molecule has 1 N–H and O–H groups in total. The highest BCUT2D eigenvalue weighted by molar-refractivity contribution is 5.30. The minimum Gasteiger partial charge on any atom is -0.486 e. The lowest BCUT2D eigenvalue weighted by molar-refractivity contribution is 0.276. The molecule has 0 aliphatic rings. The molecule has 0 saturated carbocycles. The number of ether oxygens (including phenoxy) is 1. The molecule has 106 valence electrons. The zero-order valence-corrected chi connectivity index (χ0v) is 11.4. The second-order valence-corrected chi connectivity index (χ2v) is 4.54. The molecule has 0 aliphatic heterocycles. The molecular formula is C16H15N3O2. The molecule has 1 aromatic heterocycles. The molecule has 0 bridgehead atoms. The van der Waals surface area contributed by atoms with Gasteiger partial charge in [-0.2, -0.15) is 0 Å². The van der Waals surface area contributed by atoms with Gasteiger partial charge in [-0.1, -0.05) is 30.3 Å². The van der Waals surface area contributed by atoms with Crippen LogP contribution >= 0.6 is 0 Å². The molecule has 0 saturated heterocycles. The molecule has 0 atom stereocenters. The predicted molar refractivity (Wildman–Crippen MR) is 78.1 cm³/mol. The largest absolute Gasteiger partial charge is 0.486 e. The van der Waals surface area contributed by atoms with E-state index in [2.05, 4.69) is 10.1 Å². The highest BCUT2D eigenvalue weighted by Crippen LogP contribution is 2.14. The Labute approximate surface area is 122 Å². The minimum atomic E-state index is -0.00190. The highest BCUT2D eigenvalue weighted by Gasteiger charge is 2.04. The molecule has 1 heterocycles. The molecule has 0 aliphatic carbocycles. The first-order valence-corrected chi connectivity index (χ1v) is 6.64. The molecule has 5 heteroatoms. The third-order valence-corrected chi connectivity index (χ3v) is 3.01. The van der Waals surface area contributed by atoms with E-state index in [1.165, 1.54) is 0 Å². The maximum Gasteiger partial charge on any atom is 0.188 e. The van der Waals surface area contributed by atoms with Crippen molar-refractivity contribution in [1.82, 2.24) is 14.8 Å². The first kappa shape index (κ1) is 13.3. The number of aliphatic hydroxyl groups is 1. The van der Waals surface area contributed by atoms with Crippen molar-refractivity contribution in [2.24, 2.45) is 0 Å². The van der Waals surface area contributed by atoms with Crippen LogP contribution in [0.2, 0.25) is 0 Å². The topological polar surface area (TPSA) is 60.2 Å². The van der Waals surface area contributed by atoms with Gasteiger partial charge in [-0.05, 0) is 29.8 Å². The van der Waals surface area contributed by atoms with Gasteiger partial charge < -0.3 is 9.84 Å². The van der Waals surface area contributed by atoms with Gasteiger partial charge in [0.2, 0.25) is 0 Å². The van der Waals surface area contributed by atoms with Crippen LogP contribution in [0.25, 0.3) is 5.69 Å². The van der Waals surface area contributed by atoms with Gasteiger partial charge >= 0.3 is 0 Å². The molecule has 2 aromatic carbocycles. The summed E-state index contributed by atoms with van der Waals surface area (Å²) in [4.78, 5) is 4.23. The molecule has 3 rings (SSSR count). The average molecular weight is 281 g/mol. The average Bonchev–Trinajstić information content (AvgIpc) is 3.03. The quantitative estimate of drug-likeness (QED) is 0.779. The van der Waals surface area contributed by atoms with Crippen molar-refractivity contribution < 1.29 is 9.84 Å². The van der Waals surface area contributed by atoms with E-state index in [-0.39, 0.29) is 13.2 Å². The summed E-state index contributed by atoms with van der Waals surface area (Å²) in [5.41, 5.74) is 1.77. The van der Waals surface area contributed by atoms with Crippen LogP contribution < -0.4 is 4.74 Å². The van der Waals surface area contributed by atoms with Gasteiger partial charge in [0.1, 0.15) is 18.7 Å². The molecular weight excluding hydrogens is 266 g/mol. The Balaban J connectivity index is 1.67. The molecule has 0 radical (unpaired) electrons. The number of para-hydroxylation sites is 1. The van der Waals surface area contributed by atoms with Crippen LogP contribution in [-0.2, 0) is 13.2 Å². The summed E-state index contributed by atoms with van der Waals surface area (Å²) in [6.07, 6.45) is 1.66. The van der Waals surface area contributed by atoms with E-state index in [1.54, 1.807) is 17.1 Å². The first-order chi connectivity index (χ1) is 10.3. The number of benzene rings is 2. The Morgan fingerprint density at radius 2 is 1.90 bits per heavy atom. The Morgan fingerprint density at radius 3 is 2.71 bits per heavy atom. The maximum absolute atomic E-state index is 9.09. The van der Waals surface area contributed by atoms with E-state index in [1.807, 2.05) is 48.5 Å². The predicted octanol–water partition coefficient (Wildman–Crippen LogP) is 2.34. The van der Waals surface area contributed by atoms with Crippen molar-refractivity contribution >= 4 is 0 Å². The summed E-state index contributed by atoms with van der Waals surface area (Å²) in [6.45, 7) is 0.285. The fraction of sp³-hybridized carbons (Fsp3) is 0.125. The van der Waals surface area contributed by atoms with Crippen LogP contribution in [0, 0.1) is 0 Å². The van der Waals surface area contributed by atoms with Gasteiger partial charge in [0, 0.05) is 0 Å². The number of hydrogen-bond donors (Lipinski definition) is 1. The number of nitrogens with zero attached hydrogens (tertiary/aromatic N) is 3. The van der Waals surface area contributed by atoms with Crippen molar-refractivity contribution in [2.75, 3.05) is 0 Å². The van der Waals surface area contributed by atoms with Crippen LogP contribution in [0.4, 0.5) is 0 Å². The Morgan fingerprint density at radius 1 is 1.05 bits per heavy atom. The van der Waals surface area contributed by atoms with Crippen LogP contribution in [0.15, 0.2) is 60.9 Å². The first-order valence-electron chi connectivity index (χ1n) is 6.64. The van der Waals surface area contributed by atoms with Gasteiger partial charge in [-0.15, -0.1) is 5.10 Å². The van der Waals surface area contributed by atoms with Gasteiger partial charge in [0.05, 0.1) is 12.3 Å². The van der Waals surface area contributed by atoms with Gasteiger partial charge in [0.15, 0.2) is 5.82 Å². The van der Waals surface area contributed by atoms with E-state index in [0.29, 0.717) is 11.6 Å². The van der Waals surface area contributed by atoms with Gasteiger partial charge in [0.25, 0.3) is 0 Å². The van der Waals surface area contributed by atoms with Crippen molar-refractivity contribution in [3.63, 3.8) is 0 Å². The number of aromatic nitrogens is 3. The van der Waals surface area contributed by atoms with E-state index in [9.17, 15) is 0 Å². The van der Waals surface area contributed by atoms with E-state index in [0.717, 1.165) is 11.3 Å². The third kappa shape index (κ3) is 3.27. The summed E-state index contributed by atoms with van der Waals surface area (Å²) in [6, 6.07) is 17.1. The number of rotatable bonds is 5. The molecule has 0 amide bonds. The summed E-state index contributed by atoms with van der Waals surface area (Å²) >= 11 is 0. The number of aliphatic hydroxyl groups excluding tert-OH is 1. The van der Waals surface area contributed by atoms with E-state index in [4.69, 9.17) is 9.84 Å². The van der Waals surface area contributed by atoms with Crippen molar-refractivity contribution in [2.45, 2.75) is 13.2 Å². The lowest BCUT2D eigenvalue weighted by Gasteiger charge is -2.05. The standard InChI is InChI=1S/C16H15N3O2/c20-10-13-5-4-8-15(9-13)21-11-16-17-12-19(18-16)14-6-2-1-3-7-14/h1-9,12,20H,10-11H2. The fourth-order valence-corrected chi connectivity index (χ4v) is 1.95. The molecule has 21 heavy (non-hydrogen) atoms. The van der Waals surface area contributed by atoms with Crippen molar-refractivity contribution in [3.05, 3.63) is 72.3 Å². The molecule has 0 spiro atoms. The van der Waals surface area contributed by atoms with Crippen LogP contribution in [0.1, 0.15) is 11.4 Å². The SMILES string of the molecule is OCc1cccc(OCc2ncn(-c3ccccc3)n2)c1. The molecule has 5 nitrogen and oxygen atoms in total. The lowest BCUT2D eigenvalue weighted by atomic mass is 10.2. The molecule has 0 fully saturated rings. The fourth-order valence-electron chi connectivity index (χ4n) is 1.95. The van der Waals surface area contributed by atoms with Crippen LogP contribution in [0.3, 0.4) is 0 Å². The minimum absolute atomic E-state index is 0.00190. The Bertz CT molecular complexity index is 710. The van der Waals surface area contributed by atoms with Gasteiger partial charge in [-0.3, -0.25) is 0 Å². The lowest BCUT2D eigenvalue weighted by Crippen LogP contribution is -2.00. The zero-order valence-electron chi connectivity index (χ0n) is 11.4. The maximum atomic E-state index is 9.09. The summed E-state index contributed by atoms with van der Waals surface area (Å²) in [5.74, 6) is 1.30. The van der Waals surface area contributed by atoms with Gasteiger partial charge in [-0.25, -0.2) is 9.67 Å². The normalized spacial score (nSPS) is 10.5.